The molecule has 13 N–H and O–H groups in total. The van der Waals surface area contributed by atoms with E-state index in [0.29, 0.717) is 5.69 Å². The third kappa shape index (κ3) is 10.6. The molecule has 1 aromatic carbocycles. The Labute approximate surface area is 257 Å². The van der Waals surface area contributed by atoms with Crippen molar-refractivity contribution in [1.82, 2.24) is 30.9 Å². The first-order chi connectivity index (χ1) is 21.4. The highest BCUT2D eigenvalue weighted by atomic mass is 16.4. The number of para-hydroxylation sites is 1. The van der Waals surface area contributed by atoms with Crippen LogP contribution in [0.5, 0.6) is 0 Å². The molecule has 3 rings (SSSR count). The molecule has 0 unspecified atom stereocenters. The minimum atomic E-state index is -1.37. The van der Waals surface area contributed by atoms with Crippen LogP contribution in [0.15, 0.2) is 48.0 Å². The quantitative estimate of drug-likeness (QED) is 0.0438. The number of H-pyrrole nitrogens is 2. The van der Waals surface area contributed by atoms with E-state index in [0.717, 1.165) is 16.5 Å². The molecule has 3 amide bonds. The number of imidazole rings is 1. The third-order valence-electron chi connectivity index (χ3n) is 6.90. The van der Waals surface area contributed by atoms with Crippen LogP contribution in [0.2, 0.25) is 0 Å². The molecule has 0 bridgehead atoms. The monoisotopic (exact) mass is 626 g/mol. The number of nitrogens with two attached hydrogens (primary N) is 3. The smallest absolute Gasteiger partial charge is 0.326 e. The molecular weight excluding hydrogens is 588 g/mol. The van der Waals surface area contributed by atoms with Crippen LogP contribution >= 0.6 is 0 Å². The van der Waals surface area contributed by atoms with E-state index < -0.39 is 60.2 Å². The topological polar surface area (TPSA) is 297 Å². The summed E-state index contributed by atoms with van der Waals surface area (Å²) in [4.78, 5) is 76.5. The van der Waals surface area contributed by atoms with E-state index >= 15 is 0 Å². The van der Waals surface area contributed by atoms with Gasteiger partial charge in [-0.3, -0.25) is 24.2 Å². The van der Waals surface area contributed by atoms with Crippen LogP contribution in [0.3, 0.4) is 0 Å². The average molecular weight is 627 g/mol. The fourth-order valence-corrected chi connectivity index (χ4v) is 4.58. The van der Waals surface area contributed by atoms with Crippen LogP contribution in [0.4, 0.5) is 0 Å². The number of carboxylic acid groups (broad SMARTS) is 2. The summed E-state index contributed by atoms with van der Waals surface area (Å²) in [5.41, 5.74) is 18.8. The second-order valence-electron chi connectivity index (χ2n) is 10.4. The summed E-state index contributed by atoms with van der Waals surface area (Å²) in [6, 6.07) is 2.37. The van der Waals surface area contributed by atoms with Gasteiger partial charge in [-0.25, -0.2) is 9.78 Å². The van der Waals surface area contributed by atoms with E-state index in [9.17, 15) is 34.2 Å². The maximum atomic E-state index is 13.4. The summed E-state index contributed by atoms with van der Waals surface area (Å²) in [5.74, 6) is -5.06. The van der Waals surface area contributed by atoms with Crippen molar-refractivity contribution in [1.29, 1.82) is 0 Å². The number of nitrogens with one attached hydrogen (secondary N) is 5. The first-order valence-electron chi connectivity index (χ1n) is 14.1. The van der Waals surface area contributed by atoms with Crippen molar-refractivity contribution < 1.29 is 34.2 Å². The third-order valence-corrected chi connectivity index (χ3v) is 6.90. The number of carbonyl (C=O) groups excluding carboxylic acids is 3. The fourth-order valence-electron chi connectivity index (χ4n) is 4.58. The zero-order valence-electron chi connectivity index (χ0n) is 24.4. The largest absolute Gasteiger partial charge is 0.481 e. The number of nitrogens with zero attached hydrogens (tertiary/aromatic N) is 2. The molecule has 2 heterocycles. The van der Waals surface area contributed by atoms with E-state index in [1.165, 1.54) is 12.5 Å². The SMILES string of the molecule is NC(N)=NCCC[C@H](NC(=O)[C@H](Cc1cnc[nH]1)NC(=O)[C@H](CCC(=O)O)NC(=O)[C@@H](N)Cc1c[nH]c2ccccc12)C(=O)O. The predicted molar refractivity (Wildman–Crippen MR) is 162 cm³/mol. The molecule has 0 aliphatic rings. The molecule has 3 aromatic rings. The summed E-state index contributed by atoms with van der Waals surface area (Å²) in [7, 11) is 0. The first kappa shape index (κ1) is 34.0. The predicted octanol–water partition coefficient (Wildman–Crippen LogP) is -1.54. The van der Waals surface area contributed by atoms with Crippen molar-refractivity contribution in [3.05, 3.63) is 54.2 Å². The number of benzene rings is 1. The Hall–Kier alpha value is -5.45. The Kier molecular flexibility index (Phi) is 12.4. The van der Waals surface area contributed by atoms with Gasteiger partial charge in [-0.05, 0) is 37.3 Å². The van der Waals surface area contributed by atoms with Gasteiger partial charge in [0.2, 0.25) is 17.7 Å². The molecule has 0 spiro atoms. The van der Waals surface area contributed by atoms with Gasteiger partial charge in [-0.15, -0.1) is 0 Å². The fraction of sp³-hybridized carbons (Fsp3) is 0.393. The maximum Gasteiger partial charge on any atom is 0.326 e. The number of fused-ring (bicyclic) bond motifs is 1. The Morgan fingerprint density at radius 2 is 1.58 bits per heavy atom. The zero-order valence-corrected chi connectivity index (χ0v) is 24.4. The minimum absolute atomic E-state index is 0.00576. The number of rotatable bonds is 18. The molecule has 242 valence electrons. The number of hydrogen-bond donors (Lipinski definition) is 10. The molecule has 0 fully saturated rings. The van der Waals surface area contributed by atoms with Crippen molar-refractivity contribution >= 4 is 46.5 Å². The normalized spacial score (nSPS) is 13.6. The Balaban J connectivity index is 1.73. The molecule has 17 nitrogen and oxygen atoms in total. The van der Waals surface area contributed by atoms with Crippen molar-refractivity contribution in [3.8, 4) is 0 Å². The lowest BCUT2D eigenvalue weighted by molar-refractivity contribution is -0.142. The number of aliphatic carboxylic acids is 2. The molecule has 0 aliphatic carbocycles. The number of aromatic amines is 2. The second kappa shape index (κ2) is 16.4. The summed E-state index contributed by atoms with van der Waals surface area (Å²) >= 11 is 0. The van der Waals surface area contributed by atoms with E-state index in [1.54, 1.807) is 6.20 Å². The van der Waals surface area contributed by atoms with Crippen LogP contribution in [0.1, 0.15) is 36.9 Å². The number of aliphatic imine (C=N–C) groups is 1. The Bertz CT molecular complexity index is 1500. The molecule has 4 atom stereocenters. The second-order valence-corrected chi connectivity index (χ2v) is 10.4. The lowest BCUT2D eigenvalue weighted by Crippen LogP contribution is -2.57. The van der Waals surface area contributed by atoms with Crippen molar-refractivity contribution in [2.75, 3.05) is 6.54 Å². The molecular formula is C28H38N10O7. The number of aromatic nitrogens is 3. The van der Waals surface area contributed by atoms with Crippen LogP contribution in [0.25, 0.3) is 10.9 Å². The number of carbonyl (C=O) groups is 5. The van der Waals surface area contributed by atoms with Crippen LogP contribution in [0, 0.1) is 0 Å². The molecule has 0 radical (unpaired) electrons. The summed E-state index contributed by atoms with van der Waals surface area (Å²) < 4.78 is 0. The summed E-state index contributed by atoms with van der Waals surface area (Å²) in [6.07, 6.45) is 4.01. The van der Waals surface area contributed by atoms with E-state index in [-0.39, 0.29) is 44.6 Å². The van der Waals surface area contributed by atoms with Crippen LogP contribution < -0.4 is 33.2 Å². The summed E-state index contributed by atoms with van der Waals surface area (Å²) in [6.45, 7) is 0.143. The molecule has 0 aliphatic heterocycles. The highest BCUT2D eigenvalue weighted by Crippen LogP contribution is 2.19. The average Bonchev–Trinajstić information content (AvgIpc) is 3.66. The number of guanidine groups is 1. The zero-order chi connectivity index (χ0) is 32.9. The van der Waals surface area contributed by atoms with Gasteiger partial charge < -0.3 is 53.3 Å². The minimum Gasteiger partial charge on any atom is -0.481 e. The highest BCUT2D eigenvalue weighted by Gasteiger charge is 2.31. The molecule has 0 saturated heterocycles. The molecule has 0 saturated carbocycles. The van der Waals surface area contributed by atoms with E-state index in [4.69, 9.17) is 17.2 Å². The van der Waals surface area contributed by atoms with Crippen molar-refractivity contribution in [2.24, 2.45) is 22.2 Å². The van der Waals surface area contributed by atoms with Gasteiger partial charge in [0, 0.05) is 48.4 Å². The van der Waals surface area contributed by atoms with Gasteiger partial charge in [-0.2, -0.15) is 0 Å². The van der Waals surface area contributed by atoms with Crippen LogP contribution in [-0.2, 0) is 36.8 Å². The highest BCUT2D eigenvalue weighted by molar-refractivity contribution is 5.94. The van der Waals surface area contributed by atoms with Gasteiger partial charge in [0.25, 0.3) is 0 Å². The van der Waals surface area contributed by atoms with E-state index in [1.807, 2.05) is 24.3 Å². The summed E-state index contributed by atoms with van der Waals surface area (Å²) in [5, 5.41) is 27.2. The van der Waals surface area contributed by atoms with E-state index in [2.05, 4.69) is 35.9 Å². The number of carboxylic acids is 2. The standard InChI is InChI=1S/C28H38N10O7/c29-18(10-15-12-34-19-5-2-1-4-17(15)19)24(41)36-20(7-8-23(39)40)25(42)38-22(11-16-13-32-14-35-16)26(43)37-21(27(44)45)6-3-9-33-28(30)31/h1-2,4-5,12-14,18,20-22,34H,3,6-11,29H2,(H,32,35)(H,36,41)(H,37,43)(H,38,42)(H,39,40)(H,44,45)(H4,30,31,33)/t18-,20-,21-,22-/m0/s1. The van der Waals surface area contributed by atoms with Gasteiger partial charge in [0.15, 0.2) is 5.96 Å². The lowest BCUT2D eigenvalue weighted by atomic mass is 10.0. The Morgan fingerprint density at radius 3 is 2.24 bits per heavy atom. The number of hydrogen-bond acceptors (Lipinski definition) is 8. The van der Waals surface area contributed by atoms with Crippen LogP contribution in [-0.4, -0.2) is 91.5 Å². The number of amides is 3. The van der Waals surface area contributed by atoms with Crippen molar-refractivity contribution in [3.63, 3.8) is 0 Å². The maximum absolute atomic E-state index is 13.4. The first-order valence-corrected chi connectivity index (χ1v) is 14.1. The van der Waals surface area contributed by atoms with Gasteiger partial charge >= 0.3 is 11.9 Å². The lowest BCUT2D eigenvalue weighted by Gasteiger charge is -2.25. The molecule has 17 heteroatoms. The molecule has 45 heavy (non-hydrogen) atoms. The van der Waals surface area contributed by atoms with Gasteiger partial charge in [0.05, 0.1) is 12.4 Å². The van der Waals surface area contributed by atoms with Gasteiger partial charge in [-0.1, -0.05) is 18.2 Å². The van der Waals surface area contributed by atoms with Gasteiger partial charge in [0.1, 0.15) is 18.1 Å². The molecule has 2 aromatic heterocycles. The van der Waals surface area contributed by atoms with Crippen molar-refractivity contribution in [2.45, 2.75) is 62.7 Å². The Morgan fingerprint density at radius 1 is 0.889 bits per heavy atom.